The van der Waals surface area contributed by atoms with Crippen molar-refractivity contribution in [3.63, 3.8) is 0 Å². The monoisotopic (exact) mass is 406 g/mol. The molecule has 0 spiro atoms. The fraction of sp³-hybridized carbons (Fsp3) is 0.0455. The van der Waals surface area contributed by atoms with Gasteiger partial charge >= 0.3 is 0 Å². The lowest BCUT2D eigenvalue weighted by Gasteiger charge is -2.18. The Kier molecular flexibility index (Phi) is 5.10. The number of hydrogen-bond acceptors (Lipinski definition) is 4. The summed E-state index contributed by atoms with van der Waals surface area (Å²) < 4.78 is 14.1. The third-order valence-corrected chi connectivity index (χ3v) is 4.67. The summed E-state index contributed by atoms with van der Waals surface area (Å²) in [6, 6.07) is 20.5. The smallest absolute Gasteiger partial charge is 0.295 e. The largest absolute Gasteiger partial charge is 0.340 e. The van der Waals surface area contributed by atoms with Gasteiger partial charge in [0, 0.05) is 23.1 Å². The summed E-state index contributed by atoms with van der Waals surface area (Å²) >= 11 is 5.95. The van der Waals surface area contributed by atoms with E-state index in [0.717, 1.165) is 11.1 Å². The molecule has 0 unspecified atom stereocenters. The fourth-order valence-electron chi connectivity index (χ4n) is 2.92. The van der Waals surface area contributed by atoms with Crippen molar-refractivity contribution in [2.45, 2.75) is 0 Å². The van der Waals surface area contributed by atoms with E-state index >= 15 is 0 Å². The van der Waals surface area contributed by atoms with Crippen molar-refractivity contribution in [2.24, 2.45) is 0 Å². The van der Waals surface area contributed by atoms with Gasteiger partial charge in [-0.3, -0.25) is 4.79 Å². The Labute approximate surface area is 171 Å². The van der Waals surface area contributed by atoms with E-state index in [2.05, 4.69) is 15.3 Å². The number of hydrogen-bond donors (Lipinski definition) is 1. The van der Waals surface area contributed by atoms with E-state index < -0.39 is 11.7 Å². The van der Waals surface area contributed by atoms with Crippen LogP contribution in [-0.4, -0.2) is 22.9 Å². The van der Waals surface area contributed by atoms with Gasteiger partial charge in [-0.2, -0.15) is 0 Å². The van der Waals surface area contributed by atoms with Crippen LogP contribution in [0.5, 0.6) is 0 Å². The molecule has 29 heavy (non-hydrogen) atoms. The van der Waals surface area contributed by atoms with E-state index in [4.69, 9.17) is 11.6 Å². The quantitative estimate of drug-likeness (QED) is 0.490. The van der Waals surface area contributed by atoms with Gasteiger partial charge in [0.15, 0.2) is 0 Å². The van der Waals surface area contributed by atoms with E-state index in [1.807, 2.05) is 30.3 Å². The summed E-state index contributed by atoms with van der Waals surface area (Å²) in [6.45, 7) is 0. The number of carbonyl (C=O) groups excluding carboxylic acids is 1. The van der Waals surface area contributed by atoms with E-state index in [1.165, 1.54) is 24.1 Å². The molecule has 3 aromatic carbocycles. The molecule has 1 amide bonds. The van der Waals surface area contributed by atoms with Crippen molar-refractivity contribution in [3.8, 4) is 0 Å². The maximum absolute atomic E-state index is 14.1. The molecule has 0 saturated heterocycles. The Morgan fingerprint density at radius 1 is 0.966 bits per heavy atom. The number of nitrogens with one attached hydrogen (secondary N) is 1. The minimum atomic E-state index is -0.514. The van der Waals surface area contributed by atoms with Gasteiger partial charge in [-0.15, -0.1) is 0 Å². The van der Waals surface area contributed by atoms with Crippen molar-refractivity contribution in [1.82, 2.24) is 9.97 Å². The number of anilines is 3. The Bertz CT molecular complexity index is 1200. The number of rotatable bonds is 4. The second-order valence-electron chi connectivity index (χ2n) is 6.36. The van der Waals surface area contributed by atoms with E-state index in [0.29, 0.717) is 16.4 Å². The highest BCUT2D eigenvalue weighted by atomic mass is 35.5. The summed E-state index contributed by atoms with van der Waals surface area (Å²) in [6.07, 6.45) is 0. The predicted octanol–water partition coefficient (Wildman–Crippen LogP) is 5.44. The average Bonchev–Trinajstić information content (AvgIpc) is 2.74. The number of para-hydroxylation sites is 2. The normalized spacial score (nSPS) is 10.7. The van der Waals surface area contributed by atoms with Crippen LogP contribution in [0.1, 0.15) is 10.6 Å². The number of fused-ring (bicyclic) bond motifs is 1. The number of halogens is 2. The van der Waals surface area contributed by atoms with Gasteiger partial charge in [0.05, 0.1) is 11.2 Å². The van der Waals surface area contributed by atoms with Crippen LogP contribution in [0.15, 0.2) is 72.8 Å². The van der Waals surface area contributed by atoms with Crippen molar-refractivity contribution in [3.05, 3.63) is 89.5 Å². The first kappa shape index (κ1) is 18.8. The molecule has 0 aliphatic rings. The van der Waals surface area contributed by atoms with Crippen molar-refractivity contribution >= 4 is 45.6 Å². The summed E-state index contributed by atoms with van der Waals surface area (Å²) in [7, 11) is 1.49. The number of carbonyl (C=O) groups is 1. The molecule has 1 N–H and O–H groups in total. The second kappa shape index (κ2) is 7.85. The SMILES string of the molecule is CN(C(=O)c1nc(Nc2ccc(Cl)cc2)c2ccccc2n1)c1ccccc1F. The van der Waals surface area contributed by atoms with Crippen LogP contribution in [0.4, 0.5) is 21.6 Å². The van der Waals surface area contributed by atoms with E-state index in [9.17, 15) is 9.18 Å². The molecule has 0 aliphatic carbocycles. The Morgan fingerprint density at radius 3 is 2.41 bits per heavy atom. The fourth-order valence-corrected chi connectivity index (χ4v) is 3.05. The zero-order valence-electron chi connectivity index (χ0n) is 15.4. The zero-order valence-corrected chi connectivity index (χ0v) is 16.2. The van der Waals surface area contributed by atoms with Crippen LogP contribution < -0.4 is 10.2 Å². The van der Waals surface area contributed by atoms with Crippen LogP contribution in [0.3, 0.4) is 0 Å². The molecular weight excluding hydrogens is 391 g/mol. The van der Waals surface area contributed by atoms with Crippen LogP contribution in [0.25, 0.3) is 10.9 Å². The molecule has 4 aromatic rings. The highest BCUT2D eigenvalue weighted by molar-refractivity contribution is 6.30. The predicted molar refractivity (Wildman–Crippen MR) is 113 cm³/mol. The number of nitrogens with zero attached hydrogens (tertiary/aromatic N) is 3. The highest BCUT2D eigenvalue weighted by Crippen LogP contribution is 2.26. The van der Waals surface area contributed by atoms with Crippen molar-refractivity contribution in [2.75, 3.05) is 17.3 Å². The molecule has 0 fully saturated rings. The number of benzene rings is 3. The van der Waals surface area contributed by atoms with Gasteiger partial charge in [-0.1, -0.05) is 35.9 Å². The molecular formula is C22H16ClFN4O. The standard InChI is InChI=1S/C22H16ClFN4O/c1-28(19-9-5-3-7-17(19)24)22(29)21-26-18-8-4-2-6-16(18)20(27-21)25-15-12-10-14(23)11-13-15/h2-13H,1H3,(H,25,26,27). The third-order valence-electron chi connectivity index (χ3n) is 4.42. The second-order valence-corrected chi connectivity index (χ2v) is 6.80. The lowest BCUT2D eigenvalue weighted by Crippen LogP contribution is -2.29. The Morgan fingerprint density at radius 2 is 1.66 bits per heavy atom. The molecule has 5 nitrogen and oxygen atoms in total. The Hall–Kier alpha value is -3.51. The summed E-state index contributed by atoms with van der Waals surface area (Å²) in [5, 5.41) is 4.58. The topological polar surface area (TPSA) is 58.1 Å². The highest BCUT2D eigenvalue weighted by Gasteiger charge is 2.21. The molecule has 0 saturated carbocycles. The number of amides is 1. The molecule has 0 aliphatic heterocycles. The molecule has 0 atom stereocenters. The number of aromatic nitrogens is 2. The molecule has 1 heterocycles. The van der Waals surface area contributed by atoms with Crippen LogP contribution >= 0.6 is 11.6 Å². The summed E-state index contributed by atoms with van der Waals surface area (Å²) in [4.78, 5) is 23.0. The summed E-state index contributed by atoms with van der Waals surface area (Å²) in [5.74, 6) is -0.571. The van der Waals surface area contributed by atoms with E-state index in [1.54, 1.807) is 30.3 Å². The minimum Gasteiger partial charge on any atom is -0.340 e. The lowest BCUT2D eigenvalue weighted by atomic mass is 10.2. The maximum atomic E-state index is 14.1. The molecule has 144 valence electrons. The van der Waals surface area contributed by atoms with Gasteiger partial charge in [0.2, 0.25) is 5.82 Å². The van der Waals surface area contributed by atoms with Crippen LogP contribution in [0, 0.1) is 5.82 Å². The summed E-state index contributed by atoms with van der Waals surface area (Å²) in [5.41, 5.74) is 1.52. The van der Waals surface area contributed by atoms with Crippen LogP contribution in [0.2, 0.25) is 5.02 Å². The molecule has 4 rings (SSSR count). The molecule has 0 bridgehead atoms. The average molecular weight is 407 g/mol. The zero-order chi connectivity index (χ0) is 20.4. The molecule has 7 heteroatoms. The lowest BCUT2D eigenvalue weighted by molar-refractivity contribution is 0.0982. The minimum absolute atomic E-state index is 0.0362. The first-order chi connectivity index (χ1) is 14.0. The van der Waals surface area contributed by atoms with Gasteiger partial charge in [0.25, 0.3) is 5.91 Å². The van der Waals surface area contributed by atoms with Gasteiger partial charge < -0.3 is 10.2 Å². The molecule has 0 radical (unpaired) electrons. The van der Waals surface area contributed by atoms with Crippen molar-refractivity contribution in [1.29, 1.82) is 0 Å². The van der Waals surface area contributed by atoms with E-state index in [-0.39, 0.29) is 11.5 Å². The maximum Gasteiger partial charge on any atom is 0.295 e. The van der Waals surface area contributed by atoms with Gasteiger partial charge in [-0.25, -0.2) is 14.4 Å². The Balaban J connectivity index is 1.76. The van der Waals surface area contributed by atoms with Gasteiger partial charge in [0.1, 0.15) is 11.6 Å². The first-order valence-corrected chi connectivity index (χ1v) is 9.22. The van der Waals surface area contributed by atoms with Gasteiger partial charge in [-0.05, 0) is 48.5 Å². The van der Waals surface area contributed by atoms with Crippen molar-refractivity contribution < 1.29 is 9.18 Å². The third kappa shape index (κ3) is 3.88. The van der Waals surface area contributed by atoms with Crippen LogP contribution in [-0.2, 0) is 0 Å². The molecule has 1 aromatic heterocycles. The first-order valence-electron chi connectivity index (χ1n) is 8.85.